The minimum Gasteiger partial charge on any atom is -0.313 e. The third kappa shape index (κ3) is 5.26. The van der Waals surface area contributed by atoms with E-state index in [-0.39, 0.29) is 0 Å². The molecule has 0 amide bonds. The molecule has 1 aliphatic carbocycles. The Balaban J connectivity index is 1.88. The van der Waals surface area contributed by atoms with E-state index in [1.54, 1.807) is 0 Å². The first-order valence-corrected chi connectivity index (χ1v) is 8.36. The molecule has 1 aromatic rings. The van der Waals surface area contributed by atoms with E-state index in [1.807, 2.05) is 0 Å². The lowest BCUT2D eigenvalue weighted by Gasteiger charge is -2.22. The molecule has 0 radical (unpaired) electrons. The first kappa shape index (κ1) is 15.5. The summed E-state index contributed by atoms with van der Waals surface area (Å²) in [4.78, 5) is 2.68. The van der Waals surface area contributed by atoms with Gasteiger partial charge in [-0.2, -0.15) is 0 Å². The highest BCUT2D eigenvalue weighted by Crippen LogP contribution is 2.28. The summed E-state index contributed by atoms with van der Waals surface area (Å²) in [5.41, 5.74) is 2.89. The molecule has 0 atom stereocenters. The molecule has 112 valence electrons. The fourth-order valence-electron chi connectivity index (χ4n) is 2.67. The molecule has 0 spiro atoms. The van der Waals surface area contributed by atoms with Crippen molar-refractivity contribution < 1.29 is 0 Å². The molecule has 0 unspecified atom stereocenters. The topological polar surface area (TPSA) is 15.3 Å². The smallest absolute Gasteiger partial charge is 0.0236 e. The summed E-state index contributed by atoms with van der Waals surface area (Å²) in [5.74, 6) is 0. The minimum atomic E-state index is 0.864. The van der Waals surface area contributed by atoms with Gasteiger partial charge in [0.2, 0.25) is 0 Å². The van der Waals surface area contributed by atoms with Crippen molar-refractivity contribution in [2.45, 2.75) is 65.1 Å². The van der Waals surface area contributed by atoms with Gasteiger partial charge in [0.1, 0.15) is 0 Å². The van der Waals surface area contributed by atoms with E-state index < -0.39 is 0 Å². The zero-order valence-electron chi connectivity index (χ0n) is 13.2. The highest BCUT2D eigenvalue weighted by molar-refractivity contribution is 5.23. The van der Waals surface area contributed by atoms with Gasteiger partial charge in [-0.05, 0) is 49.9 Å². The van der Waals surface area contributed by atoms with Gasteiger partial charge in [0.25, 0.3) is 0 Å². The lowest BCUT2D eigenvalue weighted by Crippen LogP contribution is -2.26. The van der Waals surface area contributed by atoms with Crippen LogP contribution in [0, 0.1) is 0 Å². The quantitative estimate of drug-likeness (QED) is 0.650. The number of unbranched alkanes of at least 4 members (excludes halogenated alkanes) is 1. The molecule has 0 bridgehead atoms. The molecule has 1 N–H and O–H groups in total. The molecule has 0 heterocycles. The van der Waals surface area contributed by atoms with Crippen LogP contribution in [0.15, 0.2) is 24.3 Å². The Morgan fingerprint density at radius 1 is 1.15 bits per heavy atom. The predicted octanol–water partition coefficient (Wildman–Crippen LogP) is 3.95. The number of nitrogens with zero attached hydrogens (tertiary/aromatic N) is 1. The molecule has 1 saturated carbocycles. The number of nitrogens with one attached hydrogen (secondary N) is 1. The summed E-state index contributed by atoms with van der Waals surface area (Å²) in [6.07, 6.45) is 6.63. The van der Waals surface area contributed by atoms with E-state index in [9.17, 15) is 0 Å². The standard InChI is InChI=1S/C18H30N2/c1-3-5-12-20(18-9-10-18)15-17-8-6-7-16(13-17)14-19-11-4-2/h6-8,13,18-19H,3-5,9-12,14-15H2,1-2H3. The van der Waals surface area contributed by atoms with E-state index in [0.29, 0.717) is 0 Å². The number of benzene rings is 1. The van der Waals surface area contributed by atoms with Crippen LogP contribution < -0.4 is 5.32 Å². The van der Waals surface area contributed by atoms with E-state index in [0.717, 1.165) is 25.7 Å². The summed E-state index contributed by atoms with van der Waals surface area (Å²) in [6, 6.07) is 9.97. The van der Waals surface area contributed by atoms with Crippen LogP contribution in [0.25, 0.3) is 0 Å². The largest absolute Gasteiger partial charge is 0.313 e. The molecule has 2 rings (SSSR count). The van der Waals surface area contributed by atoms with E-state index in [4.69, 9.17) is 0 Å². The molecule has 20 heavy (non-hydrogen) atoms. The Labute approximate surface area is 124 Å². The third-order valence-electron chi connectivity index (χ3n) is 4.00. The minimum absolute atomic E-state index is 0.864. The highest BCUT2D eigenvalue weighted by Gasteiger charge is 2.28. The highest BCUT2D eigenvalue weighted by atomic mass is 15.2. The third-order valence-corrected chi connectivity index (χ3v) is 4.00. The normalized spacial score (nSPS) is 14.9. The fourth-order valence-corrected chi connectivity index (χ4v) is 2.67. The van der Waals surface area contributed by atoms with Gasteiger partial charge in [-0.1, -0.05) is 44.5 Å². The summed E-state index contributed by atoms with van der Waals surface area (Å²) in [6.45, 7) is 9.00. The average Bonchev–Trinajstić information content (AvgIpc) is 3.29. The van der Waals surface area contributed by atoms with E-state index in [1.165, 1.54) is 49.8 Å². The van der Waals surface area contributed by atoms with Crippen LogP contribution in [0.2, 0.25) is 0 Å². The van der Waals surface area contributed by atoms with Crippen molar-refractivity contribution in [1.29, 1.82) is 0 Å². The van der Waals surface area contributed by atoms with Gasteiger partial charge >= 0.3 is 0 Å². The van der Waals surface area contributed by atoms with E-state index in [2.05, 4.69) is 48.3 Å². The zero-order chi connectivity index (χ0) is 14.2. The van der Waals surface area contributed by atoms with E-state index >= 15 is 0 Å². The molecule has 1 aliphatic rings. The second-order valence-corrected chi connectivity index (χ2v) is 6.05. The van der Waals surface area contributed by atoms with Crippen LogP contribution in [0.5, 0.6) is 0 Å². The summed E-state index contributed by atoms with van der Waals surface area (Å²) in [7, 11) is 0. The number of rotatable bonds is 10. The number of hydrogen-bond donors (Lipinski definition) is 1. The van der Waals surface area contributed by atoms with Crippen LogP contribution in [0.4, 0.5) is 0 Å². The molecular formula is C18H30N2. The zero-order valence-corrected chi connectivity index (χ0v) is 13.2. The Morgan fingerprint density at radius 3 is 2.65 bits per heavy atom. The van der Waals surface area contributed by atoms with Crippen molar-refractivity contribution in [2.75, 3.05) is 13.1 Å². The molecule has 0 saturated heterocycles. The molecular weight excluding hydrogens is 244 g/mol. The van der Waals surface area contributed by atoms with Crippen LogP contribution >= 0.6 is 0 Å². The summed E-state index contributed by atoms with van der Waals surface area (Å²) < 4.78 is 0. The van der Waals surface area contributed by atoms with Gasteiger partial charge < -0.3 is 5.32 Å². The molecule has 1 aromatic carbocycles. The van der Waals surface area contributed by atoms with Crippen molar-refractivity contribution in [2.24, 2.45) is 0 Å². The van der Waals surface area contributed by atoms with Gasteiger partial charge in [0, 0.05) is 19.1 Å². The summed E-state index contributed by atoms with van der Waals surface area (Å²) in [5, 5.41) is 3.49. The maximum absolute atomic E-state index is 3.49. The SMILES string of the molecule is CCCCN(Cc1cccc(CNCCC)c1)C1CC1. The van der Waals surface area contributed by atoms with Gasteiger partial charge in [-0.25, -0.2) is 0 Å². The Morgan fingerprint density at radius 2 is 1.95 bits per heavy atom. The lowest BCUT2D eigenvalue weighted by atomic mass is 10.1. The molecule has 2 heteroatoms. The first-order valence-electron chi connectivity index (χ1n) is 8.36. The molecule has 1 fully saturated rings. The predicted molar refractivity (Wildman–Crippen MR) is 86.8 cm³/mol. The first-order chi connectivity index (χ1) is 9.83. The second-order valence-electron chi connectivity index (χ2n) is 6.05. The fraction of sp³-hybridized carbons (Fsp3) is 0.667. The second kappa shape index (κ2) is 8.43. The Hall–Kier alpha value is -0.860. The van der Waals surface area contributed by atoms with Crippen LogP contribution in [0.3, 0.4) is 0 Å². The van der Waals surface area contributed by atoms with Gasteiger partial charge in [0.05, 0.1) is 0 Å². The van der Waals surface area contributed by atoms with Crippen LogP contribution in [0.1, 0.15) is 57.1 Å². The Bertz CT molecular complexity index is 385. The molecule has 0 aliphatic heterocycles. The van der Waals surface area contributed by atoms with Gasteiger partial charge in [-0.3, -0.25) is 4.90 Å². The molecule has 0 aromatic heterocycles. The Kier molecular flexibility index (Phi) is 6.55. The number of hydrogen-bond acceptors (Lipinski definition) is 2. The van der Waals surface area contributed by atoms with Gasteiger partial charge in [0.15, 0.2) is 0 Å². The van der Waals surface area contributed by atoms with Crippen molar-refractivity contribution >= 4 is 0 Å². The average molecular weight is 274 g/mol. The van der Waals surface area contributed by atoms with Crippen molar-refractivity contribution in [1.82, 2.24) is 10.2 Å². The van der Waals surface area contributed by atoms with Crippen molar-refractivity contribution in [3.63, 3.8) is 0 Å². The van der Waals surface area contributed by atoms with Crippen LogP contribution in [-0.4, -0.2) is 24.0 Å². The molecule has 2 nitrogen and oxygen atoms in total. The van der Waals surface area contributed by atoms with Crippen LogP contribution in [-0.2, 0) is 13.1 Å². The van der Waals surface area contributed by atoms with Gasteiger partial charge in [-0.15, -0.1) is 0 Å². The maximum Gasteiger partial charge on any atom is 0.0236 e. The lowest BCUT2D eigenvalue weighted by molar-refractivity contribution is 0.250. The van der Waals surface area contributed by atoms with Crippen molar-refractivity contribution in [3.05, 3.63) is 35.4 Å². The summed E-state index contributed by atoms with van der Waals surface area (Å²) >= 11 is 0. The maximum atomic E-state index is 3.49. The van der Waals surface area contributed by atoms with Crippen molar-refractivity contribution in [3.8, 4) is 0 Å². The monoisotopic (exact) mass is 274 g/mol.